The molecule has 2 aromatic rings. The lowest BCUT2D eigenvalue weighted by atomic mass is 9.84. The summed E-state index contributed by atoms with van der Waals surface area (Å²) in [5, 5.41) is 5.08. The number of amides is 4. The Morgan fingerprint density at radius 3 is 2.12 bits per heavy atom. The van der Waals surface area contributed by atoms with E-state index in [0.29, 0.717) is 5.56 Å². The highest BCUT2D eigenvalue weighted by atomic mass is 19.4. The van der Waals surface area contributed by atoms with Crippen molar-refractivity contribution in [1.29, 1.82) is 0 Å². The van der Waals surface area contributed by atoms with Crippen molar-refractivity contribution in [2.24, 2.45) is 0 Å². The number of hydrogen-bond donors (Lipinski definition) is 2. The number of hydrogen-bond acceptors (Lipinski definition) is 4. The van der Waals surface area contributed by atoms with Gasteiger partial charge in [-0.3, -0.25) is 14.5 Å². The third-order valence-corrected chi connectivity index (χ3v) is 5.28. The Kier molecular flexibility index (Phi) is 6.14. The van der Waals surface area contributed by atoms with Crippen LogP contribution in [0.2, 0.25) is 0 Å². The molecule has 0 radical (unpaired) electrons. The van der Waals surface area contributed by atoms with Gasteiger partial charge in [0.15, 0.2) is 0 Å². The number of ether oxygens (including phenoxy) is 1. The van der Waals surface area contributed by atoms with Gasteiger partial charge in [0.2, 0.25) is 5.91 Å². The van der Waals surface area contributed by atoms with Crippen LogP contribution in [0, 0.1) is 0 Å². The number of benzene rings is 2. The molecule has 2 aromatic carbocycles. The molecule has 1 aliphatic rings. The second-order valence-corrected chi connectivity index (χ2v) is 8.89. The summed E-state index contributed by atoms with van der Waals surface area (Å²) in [4.78, 5) is 38.7. The van der Waals surface area contributed by atoms with E-state index in [1.165, 1.54) is 12.1 Å². The van der Waals surface area contributed by atoms with Gasteiger partial charge in [-0.05, 0) is 47.7 Å². The largest absolute Gasteiger partial charge is 0.573 e. The lowest BCUT2D eigenvalue weighted by molar-refractivity contribution is -0.274. The van der Waals surface area contributed by atoms with E-state index < -0.39 is 42.0 Å². The molecule has 176 valence electrons. The summed E-state index contributed by atoms with van der Waals surface area (Å²) < 4.78 is 40.5. The van der Waals surface area contributed by atoms with E-state index in [9.17, 15) is 27.6 Å². The molecule has 33 heavy (non-hydrogen) atoms. The second-order valence-electron chi connectivity index (χ2n) is 8.89. The Hall–Kier alpha value is -3.56. The fourth-order valence-electron chi connectivity index (χ4n) is 3.42. The first-order valence-electron chi connectivity index (χ1n) is 10.1. The van der Waals surface area contributed by atoms with Gasteiger partial charge in [-0.2, -0.15) is 0 Å². The zero-order chi connectivity index (χ0) is 24.6. The Balaban J connectivity index is 1.67. The van der Waals surface area contributed by atoms with E-state index in [1.54, 1.807) is 19.1 Å². The summed E-state index contributed by atoms with van der Waals surface area (Å²) in [7, 11) is 0. The maximum absolute atomic E-state index is 13.0. The number of halogens is 3. The fraction of sp³-hybridized carbons (Fsp3) is 0.348. The standard InChI is InChI=1S/C23H24F3N3O4/c1-21(2,3)14-5-7-15(8-6-14)22(4)19(31)29(20(32)28-22)13-18(30)27-16-9-11-17(12-10-16)33-23(24,25)26/h5-12H,13H2,1-4H3,(H,27,30)(H,28,32)/t22-/m0/s1. The van der Waals surface area contributed by atoms with E-state index in [1.807, 2.05) is 12.1 Å². The van der Waals surface area contributed by atoms with Crippen LogP contribution in [0.1, 0.15) is 38.8 Å². The highest BCUT2D eigenvalue weighted by Crippen LogP contribution is 2.31. The van der Waals surface area contributed by atoms with Crippen LogP contribution in [0.15, 0.2) is 48.5 Å². The lowest BCUT2D eigenvalue weighted by Gasteiger charge is -2.24. The Morgan fingerprint density at radius 2 is 1.61 bits per heavy atom. The molecule has 7 nitrogen and oxygen atoms in total. The molecule has 4 amide bonds. The Morgan fingerprint density at radius 1 is 1.03 bits per heavy atom. The second kappa shape index (κ2) is 8.42. The zero-order valence-corrected chi connectivity index (χ0v) is 18.5. The van der Waals surface area contributed by atoms with Crippen molar-refractivity contribution in [3.8, 4) is 5.75 Å². The minimum absolute atomic E-state index is 0.0798. The highest BCUT2D eigenvalue weighted by molar-refractivity contribution is 6.10. The van der Waals surface area contributed by atoms with E-state index in [-0.39, 0.29) is 11.1 Å². The van der Waals surface area contributed by atoms with Crippen molar-refractivity contribution in [3.05, 3.63) is 59.7 Å². The Labute approximate surface area is 188 Å². The van der Waals surface area contributed by atoms with Crippen LogP contribution in [0.3, 0.4) is 0 Å². The van der Waals surface area contributed by atoms with E-state index >= 15 is 0 Å². The summed E-state index contributed by atoms with van der Waals surface area (Å²) in [5.41, 5.74) is 0.419. The molecular formula is C23H24F3N3O4. The number of alkyl halides is 3. The normalized spacial score (nSPS) is 18.8. The number of urea groups is 1. The first-order valence-corrected chi connectivity index (χ1v) is 10.1. The Bertz CT molecular complexity index is 1060. The average Bonchev–Trinajstić information content (AvgIpc) is 2.92. The molecule has 1 aliphatic heterocycles. The first-order chi connectivity index (χ1) is 15.2. The van der Waals surface area contributed by atoms with E-state index in [4.69, 9.17) is 0 Å². The van der Waals surface area contributed by atoms with E-state index in [2.05, 4.69) is 36.1 Å². The first kappa shape index (κ1) is 24.1. The third-order valence-electron chi connectivity index (χ3n) is 5.28. The van der Waals surface area contributed by atoms with Crippen LogP contribution in [-0.4, -0.2) is 35.7 Å². The van der Waals surface area contributed by atoms with Crippen molar-refractivity contribution in [1.82, 2.24) is 10.2 Å². The third kappa shape index (κ3) is 5.44. The molecule has 1 fully saturated rings. The topological polar surface area (TPSA) is 87.7 Å². The summed E-state index contributed by atoms with van der Waals surface area (Å²) >= 11 is 0. The molecule has 10 heteroatoms. The van der Waals surface area contributed by atoms with Gasteiger partial charge in [0.25, 0.3) is 5.91 Å². The summed E-state index contributed by atoms with van der Waals surface area (Å²) in [6.45, 7) is 7.19. The van der Waals surface area contributed by atoms with Gasteiger partial charge in [0.05, 0.1) is 0 Å². The van der Waals surface area contributed by atoms with Crippen LogP contribution >= 0.6 is 0 Å². The fourth-order valence-corrected chi connectivity index (χ4v) is 3.42. The molecule has 1 atom stereocenters. The van der Waals surface area contributed by atoms with Crippen LogP contribution in [-0.2, 0) is 20.5 Å². The summed E-state index contributed by atoms with van der Waals surface area (Å²) in [6.07, 6.45) is -4.83. The zero-order valence-electron chi connectivity index (χ0n) is 18.5. The molecule has 2 N–H and O–H groups in total. The number of carbonyl (C=O) groups is 3. The smallest absolute Gasteiger partial charge is 0.406 e. The van der Waals surface area contributed by atoms with Gasteiger partial charge in [-0.1, -0.05) is 45.0 Å². The molecule has 0 spiro atoms. The molecule has 0 unspecified atom stereocenters. The predicted molar refractivity (Wildman–Crippen MR) is 114 cm³/mol. The van der Waals surface area contributed by atoms with Crippen molar-refractivity contribution >= 4 is 23.5 Å². The number of imide groups is 1. The van der Waals surface area contributed by atoms with Gasteiger partial charge in [-0.15, -0.1) is 13.2 Å². The molecule has 0 saturated carbocycles. The highest BCUT2D eigenvalue weighted by Gasteiger charge is 2.49. The number of nitrogens with one attached hydrogen (secondary N) is 2. The van der Waals surface area contributed by atoms with Gasteiger partial charge < -0.3 is 15.4 Å². The minimum Gasteiger partial charge on any atom is -0.406 e. The minimum atomic E-state index is -4.83. The van der Waals surface area contributed by atoms with Crippen LogP contribution in [0.4, 0.5) is 23.7 Å². The number of carbonyl (C=O) groups excluding carboxylic acids is 3. The van der Waals surface area contributed by atoms with Crippen molar-refractivity contribution in [2.75, 3.05) is 11.9 Å². The number of anilines is 1. The maximum Gasteiger partial charge on any atom is 0.573 e. The molecule has 0 aliphatic carbocycles. The monoisotopic (exact) mass is 463 g/mol. The number of nitrogens with zero attached hydrogens (tertiary/aromatic N) is 1. The maximum atomic E-state index is 13.0. The SMILES string of the molecule is CC(C)(C)c1ccc([C@]2(C)NC(=O)N(CC(=O)Nc3ccc(OC(F)(F)F)cc3)C2=O)cc1. The van der Waals surface area contributed by atoms with Crippen LogP contribution in [0.25, 0.3) is 0 Å². The van der Waals surface area contributed by atoms with Gasteiger partial charge in [0, 0.05) is 5.69 Å². The van der Waals surface area contributed by atoms with Crippen molar-refractivity contribution < 1.29 is 32.3 Å². The van der Waals surface area contributed by atoms with E-state index in [0.717, 1.165) is 22.6 Å². The predicted octanol–water partition coefficient (Wildman–Crippen LogP) is 4.29. The number of rotatable bonds is 5. The molecule has 3 rings (SSSR count). The summed E-state index contributed by atoms with van der Waals surface area (Å²) in [6, 6.07) is 11.1. The van der Waals surface area contributed by atoms with Crippen LogP contribution < -0.4 is 15.4 Å². The molecule has 0 bridgehead atoms. The van der Waals surface area contributed by atoms with Gasteiger partial charge >= 0.3 is 12.4 Å². The lowest BCUT2D eigenvalue weighted by Crippen LogP contribution is -2.42. The average molecular weight is 463 g/mol. The van der Waals surface area contributed by atoms with Crippen molar-refractivity contribution in [2.45, 2.75) is 45.0 Å². The van der Waals surface area contributed by atoms with Crippen molar-refractivity contribution in [3.63, 3.8) is 0 Å². The molecular weight excluding hydrogens is 439 g/mol. The molecule has 1 saturated heterocycles. The molecule has 1 heterocycles. The quantitative estimate of drug-likeness (QED) is 0.648. The van der Waals surface area contributed by atoms with Gasteiger partial charge in [0.1, 0.15) is 17.8 Å². The summed E-state index contributed by atoms with van der Waals surface area (Å²) in [5.74, 6) is -1.71. The van der Waals surface area contributed by atoms with Crippen LogP contribution in [0.5, 0.6) is 5.75 Å². The van der Waals surface area contributed by atoms with Gasteiger partial charge in [-0.25, -0.2) is 4.79 Å². The molecule has 0 aromatic heterocycles.